The lowest BCUT2D eigenvalue weighted by molar-refractivity contribution is 0.0698. The molecule has 0 aromatic carbocycles. The Kier molecular flexibility index (Phi) is 5.39. The average molecular weight is 398 g/mol. The van der Waals surface area contributed by atoms with Gasteiger partial charge >= 0.3 is 5.97 Å². The molecule has 29 heavy (non-hydrogen) atoms. The van der Waals surface area contributed by atoms with E-state index in [0.29, 0.717) is 17.9 Å². The quantitative estimate of drug-likeness (QED) is 0.590. The largest absolute Gasteiger partial charge is 0.477 e. The van der Waals surface area contributed by atoms with Gasteiger partial charge in [-0.25, -0.2) is 18.7 Å². The van der Waals surface area contributed by atoms with Gasteiger partial charge in [0.15, 0.2) is 5.65 Å². The zero-order valence-electron chi connectivity index (χ0n) is 16.2. The first kappa shape index (κ1) is 19.3. The van der Waals surface area contributed by atoms with Gasteiger partial charge in [-0.15, -0.1) is 0 Å². The number of carboxylic acid groups (broad SMARTS) is 1. The van der Waals surface area contributed by atoms with Crippen molar-refractivity contribution < 1.29 is 14.3 Å². The summed E-state index contributed by atoms with van der Waals surface area (Å²) in [6.45, 7) is 4.44. The fourth-order valence-electron chi connectivity index (χ4n) is 3.90. The first-order valence-corrected chi connectivity index (χ1v) is 9.78. The fourth-order valence-corrected chi connectivity index (χ4v) is 3.90. The van der Waals surface area contributed by atoms with Gasteiger partial charge in [0, 0.05) is 31.4 Å². The van der Waals surface area contributed by atoms with E-state index in [9.17, 15) is 14.3 Å². The van der Waals surface area contributed by atoms with Crippen molar-refractivity contribution in [1.82, 2.24) is 24.9 Å². The Morgan fingerprint density at radius 2 is 2.28 bits per heavy atom. The minimum atomic E-state index is -1.07. The predicted octanol–water partition coefficient (Wildman–Crippen LogP) is 2.46. The van der Waals surface area contributed by atoms with E-state index in [1.54, 1.807) is 12.3 Å². The molecule has 1 atom stereocenters. The van der Waals surface area contributed by atoms with Crippen molar-refractivity contribution in [2.45, 2.75) is 32.2 Å². The second-order valence-corrected chi connectivity index (χ2v) is 7.06. The van der Waals surface area contributed by atoms with Gasteiger partial charge in [-0.2, -0.15) is 5.10 Å². The lowest BCUT2D eigenvalue weighted by Gasteiger charge is -2.27. The van der Waals surface area contributed by atoms with Crippen molar-refractivity contribution in [3.8, 4) is 0 Å². The van der Waals surface area contributed by atoms with E-state index in [0.717, 1.165) is 43.7 Å². The Hall–Kier alpha value is -3.07. The molecule has 0 saturated carbocycles. The highest BCUT2D eigenvalue weighted by atomic mass is 19.1. The highest BCUT2D eigenvalue weighted by molar-refractivity contribution is 5.94. The summed E-state index contributed by atoms with van der Waals surface area (Å²) in [4.78, 5) is 22.5. The normalized spacial score (nSPS) is 16.6. The van der Waals surface area contributed by atoms with Crippen LogP contribution in [-0.2, 0) is 6.42 Å². The van der Waals surface area contributed by atoms with Crippen LogP contribution in [0.2, 0.25) is 0 Å². The molecule has 4 rings (SSSR count). The zero-order chi connectivity index (χ0) is 20.4. The minimum Gasteiger partial charge on any atom is -0.477 e. The second kappa shape index (κ2) is 8.12. The van der Waals surface area contributed by atoms with Gasteiger partial charge in [-0.05, 0) is 37.1 Å². The molecule has 0 spiro atoms. The first-order chi connectivity index (χ1) is 14.1. The summed E-state index contributed by atoms with van der Waals surface area (Å²) in [5, 5.41) is 16.7. The third-order valence-corrected chi connectivity index (χ3v) is 5.25. The lowest BCUT2D eigenvalue weighted by Crippen LogP contribution is -2.26. The van der Waals surface area contributed by atoms with E-state index >= 15 is 0 Å². The number of hydrogen-bond donors (Lipinski definition) is 2. The Morgan fingerprint density at radius 1 is 1.41 bits per heavy atom. The molecule has 8 nitrogen and oxygen atoms in total. The summed E-state index contributed by atoms with van der Waals surface area (Å²) < 4.78 is 15.5. The van der Waals surface area contributed by atoms with Crippen LogP contribution >= 0.6 is 0 Å². The fraction of sp³-hybridized carbons (Fsp3) is 0.400. The average Bonchev–Trinajstić information content (AvgIpc) is 3.35. The lowest BCUT2D eigenvalue weighted by atomic mass is 10.0. The van der Waals surface area contributed by atoms with Crippen LogP contribution in [0.25, 0.3) is 5.65 Å². The van der Waals surface area contributed by atoms with Gasteiger partial charge in [-0.3, -0.25) is 4.98 Å². The summed E-state index contributed by atoms with van der Waals surface area (Å²) in [5.41, 5.74) is 2.10. The molecule has 1 fully saturated rings. The third-order valence-electron chi connectivity index (χ3n) is 5.25. The zero-order valence-corrected chi connectivity index (χ0v) is 16.2. The molecule has 1 aliphatic heterocycles. The summed E-state index contributed by atoms with van der Waals surface area (Å²) in [7, 11) is 0. The third kappa shape index (κ3) is 3.77. The molecule has 0 bridgehead atoms. The van der Waals surface area contributed by atoms with Crippen LogP contribution in [-0.4, -0.2) is 50.3 Å². The Bertz CT molecular complexity index is 1040. The Labute approximate surface area is 167 Å². The summed E-state index contributed by atoms with van der Waals surface area (Å²) in [6.07, 6.45) is 6.77. The smallest absolute Gasteiger partial charge is 0.341 e. The Morgan fingerprint density at radius 3 is 3.07 bits per heavy atom. The van der Waals surface area contributed by atoms with Gasteiger partial charge in [0.05, 0.1) is 18.4 Å². The summed E-state index contributed by atoms with van der Waals surface area (Å²) in [5.74, 6) is -0.765. The molecule has 0 radical (unpaired) electrons. The SMILES string of the molecule is CCNCCc1ncc(F)cc1C1CCCN1c1ccn2ncc(C(=O)O)c2n1. The predicted molar refractivity (Wildman–Crippen MR) is 106 cm³/mol. The van der Waals surface area contributed by atoms with Crippen LogP contribution in [0.3, 0.4) is 0 Å². The van der Waals surface area contributed by atoms with Gasteiger partial charge in [0.25, 0.3) is 0 Å². The number of carbonyl (C=O) groups is 1. The van der Waals surface area contributed by atoms with Gasteiger partial charge in [-0.1, -0.05) is 6.92 Å². The second-order valence-electron chi connectivity index (χ2n) is 7.06. The number of aromatic carboxylic acids is 1. The number of hydrogen-bond acceptors (Lipinski definition) is 6. The molecule has 3 aromatic rings. The van der Waals surface area contributed by atoms with Gasteiger partial charge in [0.1, 0.15) is 17.2 Å². The van der Waals surface area contributed by atoms with E-state index < -0.39 is 5.97 Å². The number of aromatic nitrogens is 4. The van der Waals surface area contributed by atoms with E-state index in [-0.39, 0.29) is 17.4 Å². The standard InChI is InChI=1S/C20H23FN6O2/c1-2-22-7-5-16-14(10-13(21)11-23-16)17-4-3-8-26(17)18-6-9-27-19(25-18)15(12-24-27)20(28)29/h6,9-12,17,22H,2-5,7-8H2,1H3,(H,28,29). The van der Waals surface area contributed by atoms with Crippen LogP contribution < -0.4 is 10.2 Å². The maximum Gasteiger partial charge on any atom is 0.341 e. The summed E-state index contributed by atoms with van der Waals surface area (Å²) in [6, 6.07) is 3.33. The summed E-state index contributed by atoms with van der Waals surface area (Å²) >= 11 is 0. The topological polar surface area (TPSA) is 95.7 Å². The minimum absolute atomic E-state index is 0.0547. The van der Waals surface area contributed by atoms with Crippen LogP contribution in [0.1, 0.15) is 47.4 Å². The highest BCUT2D eigenvalue weighted by Gasteiger charge is 2.30. The number of halogens is 1. The number of rotatable bonds is 7. The van der Waals surface area contributed by atoms with Crippen molar-refractivity contribution in [3.63, 3.8) is 0 Å². The van der Waals surface area contributed by atoms with Crippen LogP contribution in [0.4, 0.5) is 10.2 Å². The number of anilines is 1. The number of nitrogens with one attached hydrogen (secondary N) is 1. The van der Waals surface area contributed by atoms with Gasteiger partial charge in [0.2, 0.25) is 0 Å². The molecular weight excluding hydrogens is 375 g/mol. The van der Waals surface area contributed by atoms with Gasteiger partial charge < -0.3 is 15.3 Å². The Balaban J connectivity index is 1.70. The molecule has 152 valence electrons. The highest BCUT2D eigenvalue weighted by Crippen LogP contribution is 2.37. The van der Waals surface area contributed by atoms with E-state index in [1.807, 2.05) is 13.0 Å². The molecule has 9 heteroatoms. The number of likely N-dealkylation sites (N-methyl/N-ethyl adjacent to an activating group) is 1. The van der Waals surface area contributed by atoms with Crippen LogP contribution in [0.5, 0.6) is 0 Å². The van der Waals surface area contributed by atoms with E-state index in [2.05, 4.69) is 25.3 Å². The molecular formula is C20H23FN6O2. The number of fused-ring (bicyclic) bond motifs is 1. The maximum atomic E-state index is 14.0. The van der Waals surface area contributed by atoms with Crippen molar-refractivity contribution in [2.24, 2.45) is 0 Å². The monoisotopic (exact) mass is 398 g/mol. The van der Waals surface area contributed by atoms with Crippen LogP contribution in [0.15, 0.2) is 30.7 Å². The van der Waals surface area contributed by atoms with E-state index in [1.165, 1.54) is 16.9 Å². The first-order valence-electron chi connectivity index (χ1n) is 9.78. The maximum absolute atomic E-state index is 14.0. The molecule has 4 heterocycles. The van der Waals surface area contributed by atoms with E-state index in [4.69, 9.17) is 0 Å². The molecule has 3 aromatic heterocycles. The van der Waals surface area contributed by atoms with Crippen LogP contribution in [0, 0.1) is 5.82 Å². The molecule has 1 saturated heterocycles. The van der Waals surface area contributed by atoms with Crippen molar-refractivity contribution >= 4 is 17.4 Å². The number of carboxylic acids is 1. The van der Waals surface area contributed by atoms with Crippen molar-refractivity contribution in [2.75, 3.05) is 24.5 Å². The van der Waals surface area contributed by atoms with Crippen molar-refractivity contribution in [1.29, 1.82) is 0 Å². The molecule has 2 N–H and O–H groups in total. The molecule has 0 amide bonds. The van der Waals surface area contributed by atoms with Crippen molar-refractivity contribution in [3.05, 3.63) is 53.4 Å². The molecule has 1 unspecified atom stereocenters. The molecule has 1 aliphatic rings. The number of pyridine rings is 1. The number of nitrogens with zero attached hydrogens (tertiary/aromatic N) is 5. The molecule has 0 aliphatic carbocycles.